The lowest BCUT2D eigenvalue weighted by Crippen LogP contribution is -2.39. The Morgan fingerprint density at radius 3 is 2.61 bits per heavy atom. The highest BCUT2D eigenvalue weighted by molar-refractivity contribution is 5.97. The minimum absolute atomic E-state index is 0.0264. The Balaban J connectivity index is 1.64. The van der Waals surface area contributed by atoms with E-state index in [9.17, 15) is 9.59 Å². The zero-order chi connectivity index (χ0) is 19.9. The zero-order valence-corrected chi connectivity index (χ0v) is 15.7. The Labute approximate surface area is 162 Å². The highest BCUT2D eigenvalue weighted by Gasteiger charge is 2.24. The van der Waals surface area contributed by atoms with Gasteiger partial charge in [0.2, 0.25) is 5.95 Å². The molecule has 1 fully saturated rings. The molecule has 0 unspecified atom stereocenters. The van der Waals surface area contributed by atoms with Crippen LogP contribution < -0.4 is 11.1 Å². The SMILES string of the molecule is COCCO[C@H]1CC[C@H](NC(=O)c2cc(C(N)=O)nc(-n3ccnc3)n2)CC1. The van der Waals surface area contributed by atoms with E-state index in [1.165, 1.54) is 17.0 Å². The lowest BCUT2D eigenvalue weighted by atomic mass is 9.93. The average Bonchev–Trinajstić information content (AvgIpc) is 3.24. The van der Waals surface area contributed by atoms with E-state index >= 15 is 0 Å². The number of carbonyl (C=O) groups is 2. The van der Waals surface area contributed by atoms with Crippen molar-refractivity contribution in [3.8, 4) is 5.95 Å². The maximum atomic E-state index is 12.7. The van der Waals surface area contributed by atoms with Crippen molar-refractivity contribution in [3.63, 3.8) is 0 Å². The first-order chi connectivity index (χ1) is 13.6. The maximum absolute atomic E-state index is 12.7. The third kappa shape index (κ3) is 5.11. The molecule has 1 saturated carbocycles. The summed E-state index contributed by atoms with van der Waals surface area (Å²) in [6, 6.07) is 1.33. The Hall–Kier alpha value is -2.85. The molecule has 1 aliphatic rings. The van der Waals surface area contributed by atoms with Gasteiger partial charge in [-0.3, -0.25) is 14.2 Å². The number of primary amides is 1. The van der Waals surface area contributed by atoms with Crippen LogP contribution in [0.5, 0.6) is 0 Å². The van der Waals surface area contributed by atoms with E-state index in [2.05, 4.69) is 20.3 Å². The molecule has 3 rings (SSSR count). The smallest absolute Gasteiger partial charge is 0.270 e. The van der Waals surface area contributed by atoms with Crippen LogP contribution in [0.15, 0.2) is 24.8 Å². The standard InChI is InChI=1S/C18H24N6O4/c1-27-8-9-28-13-4-2-12(3-5-13)21-17(26)15-10-14(16(19)25)22-18(23-15)24-7-6-20-11-24/h6-7,10-13H,2-5,8-9H2,1H3,(H2,19,25)(H,21,26)/t12-,13-. The molecule has 0 bridgehead atoms. The van der Waals surface area contributed by atoms with Gasteiger partial charge in [0.15, 0.2) is 0 Å². The molecule has 3 N–H and O–H groups in total. The van der Waals surface area contributed by atoms with Crippen LogP contribution in [0.1, 0.15) is 46.7 Å². The van der Waals surface area contributed by atoms with Gasteiger partial charge in [-0.2, -0.15) is 0 Å². The summed E-state index contributed by atoms with van der Waals surface area (Å²) in [5, 5.41) is 2.98. The van der Waals surface area contributed by atoms with Crippen molar-refractivity contribution in [2.45, 2.75) is 37.8 Å². The van der Waals surface area contributed by atoms with Gasteiger partial charge in [-0.15, -0.1) is 0 Å². The summed E-state index contributed by atoms with van der Waals surface area (Å²) < 4.78 is 12.2. The molecule has 0 radical (unpaired) electrons. The topological polar surface area (TPSA) is 134 Å². The number of amides is 2. The molecule has 0 aromatic carbocycles. The first-order valence-electron chi connectivity index (χ1n) is 9.15. The molecule has 0 aliphatic heterocycles. The lowest BCUT2D eigenvalue weighted by molar-refractivity contribution is -0.00409. The highest BCUT2D eigenvalue weighted by Crippen LogP contribution is 2.21. The second-order valence-corrected chi connectivity index (χ2v) is 6.58. The van der Waals surface area contributed by atoms with Gasteiger partial charge in [-0.25, -0.2) is 15.0 Å². The van der Waals surface area contributed by atoms with E-state index in [4.69, 9.17) is 15.2 Å². The Kier molecular flexibility index (Phi) is 6.66. The van der Waals surface area contributed by atoms with Crippen molar-refractivity contribution in [2.75, 3.05) is 20.3 Å². The Bertz CT molecular complexity index is 802. The van der Waals surface area contributed by atoms with E-state index in [1.54, 1.807) is 19.5 Å². The van der Waals surface area contributed by atoms with Crippen molar-refractivity contribution < 1.29 is 19.1 Å². The molecule has 2 heterocycles. The third-order valence-corrected chi connectivity index (χ3v) is 4.59. The first-order valence-corrected chi connectivity index (χ1v) is 9.15. The molecule has 0 atom stereocenters. The van der Waals surface area contributed by atoms with Crippen molar-refractivity contribution in [2.24, 2.45) is 5.73 Å². The van der Waals surface area contributed by atoms with E-state index in [0.717, 1.165) is 25.7 Å². The van der Waals surface area contributed by atoms with Crippen LogP contribution in [0, 0.1) is 0 Å². The molecule has 2 aromatic heterocycles. The predicted octanol–water partition coefficient (Wildman–Crippen LogP) is 0.465. The molecule has 2 amide bonds. The third-order valence-electron chi connectivity index (χ3n) is 4.59. The summed E-state index contributed by atoms with van der Waals surface area (Å²) in [5.74, 6) is -0.934. The summed E-state index contributed by atoms with van der Waals surface area (Å²) in [6.45, 7) is 1.15. The quantitative estimate of drug-likeness (QED) is 0.628. The number of hydrogen-bond donors (Lipinski definition) is 2. The molecular weight excluding hydrogens is 364 g/mol. The number of carbonyl (C=O) groups excluding carboxylic acids is 2. The van der Waals surface area contributed by atoms with Crippen molar-refractivity contribution in [1.29, 1.82) is 0 Å². The van der Waals surface area contributed by atoms with Gasteiger partial charge in [0.1, 0.15) is 17.7 Å². The normalized spacial score (nSPS) is 19.3. The molecular formula is C18H24N6O4. The van der Waals surface area contributed by atoms with Crippen LogP contribution in [0.25, 0.3) is 5.95 Å². The van der Waals surface area contributed by atoms with Gasteiger partial charge >= 0.3 is 0 Å². The highest BCUT2D eigenvalue weighted by atomic mass is 16.5. The van der Waals surface area contributed by atoms with Gasteiger partial charge < -0.3 is 20.5 Å². The van der Waals surface area contributed by atoms with Gasteiger partial charge in [-0.05, 0) is 25.7 Å². The number of methoxy groups -OCH3 is 1. The number of nitrogens with zero attached hydrogens (tertiary/aromatic N) is 4. The number of rotatable bonds is 8. The number of hydrogen-bond acceptors (Lipinski definition) is 7. The monoisotopic (exact) mass is 388 g/mol. The zero-order valence-electron chi connectivity index (χ0n) is 15.7. The second-order valence-electron chi connectivity index (χ2n) is 6.58. The molecule has 10 nitrogen and oxygen atoms in total. The number of ether oxygens (including phenoxy) is 2. The number of nitrogens with one attached hydrogen (secondary N) is 1. The summed E-state index contributed by atoms with van der Waals surface area (Å²) in [7, 11) is 1.64. The fourth-order valence-corrected chi connectivity index (χ4v) is 3.10. The second kappa shape index (κ2) is 9.38. The fourth-order valence-electron chi connectivity index (χ4n) is 3.10. The summed E-state index contributed by atoms with van der Waals surface area (Å²) in [4.78, 5) is 36.5. The molecule has 0 saturated heterocycles. The van der Waals surface area contributed by atoms with E-state index in [1.807, 2.05) is 0 Å². The maximum Gasteiger partial charge on any atom is 0.270 e. The lowest BCUT2D eigenvalue weighted by Gasteiger charge is -2.29. The summed E-state index contributed by atoms with van der Waals surface area (Å²) in [6.07, 6.45) is 8.19. The predicted molar refractivity (Wildman–Crippen MR) is 99.0 cm³/mol. The van der Waals surface area contributed by atoms with Crippen LogP contribution in [0.2, 0.25) is 0 Å². The van der Waals surface area contributed by atoms with E-state index in [-0.39, 0.29) is 35.4 Å². The molecule has 0 spiro atoms. The molecule has 1 aliphatic carbocycles. The van der Waals surface area contributed by atoms with Gasteiger partial charge in [0.25, 0.3) is 11.8 Å². The van der Waals surface area contributed by atoms with Gasteiger partial charge in [0.05, 0.1) is 19.3 Å². The van der Waals surface area contributed by atoms with Crippen LogP contribution in [-0.2, 0) is 9.47 Å². The fraction of sp³-hybridized carbons (Fsp3) is 0.500. The van der Waals surface area contributed by atoms with Gasteiger partial charge in [-0.1, -0.05) is 0 Å². The van der Waals surface area contributed by atoms with Crippen molar-refractivity contribution in [3.05, 3.63) is 36.2 Å². The molecule has 2 aromatic rings. The minimum atomic E-state index is -0.730. The summed E-state index contributed by atoms with van der Waals surface area (Å²) >= 11 is 0. The van der Waals surface area contributed by atoms with Gasteiger partial charge in [0, 0.05) is 31.6 Å². The largest absolute Gasteiger partial charge is 0.382 e. The Morgan fingerprint density at radius 1 is 1.21 bits per heavy atom. The Morgan fingerprint density at radius 2 is 1.96 bits per heavy atom. The molecule has 150 valence electrons. The first kappa shape index (κ1) is 19.9. The average molecular weight is 388 g/mol. The summed E-state index contributed by atoms with van der Waals surface area (Å²) in [5.41, 5.74) is 5.41. The number of nitrogens with two attached hydrogens (primary N) is 1. The van der Waals surface area contributed by atoms with E-state index < -0.39 is 5.91 Å². The van der Waals surface area contributed by atoms with E-state index in [0.29, 0.717) is 13.2 Å². The molecule has 28 heavy (non-hydrogen) atoms. The van der Waals surface area contributed by atoms with Crippen LogP contribution in [0.4, 0.5) is 0 Å². The minimum Gasteiger partial charge on any atom is -0.382 e. The van der Waals surface area contributed by atoms with Crippen LogP contribution in [-0.4, -0.2) is 63.8 Å². The number of imidazole rings is 1. The molecule has 10 heteroatoms. The van der Waals surface area contributed by atoms with Crippen molar-refractivity contribution >= 4 is 11.8 Å². The van der Waals surface area contributed by atoms with Crippen molar-refractivity contribution in [1.82, 2.24) is 24.8 Å². The van der Waals surface area contributed by atoms with Crippen LogP contribution in [0.3, 0.4) is 0 Å². The van der Waals surface area contributed by atoms with Crippen LogP contribution >= 0.6 is 0 Å². The number of aromatic nitrogens is 4.